The maximum atomic E-state index is 9.59. The van der Waals surface area contributed by atoms with Gasteiger partial charge in [0.15, 0.2) is 0 Å². The number of nitrogens with zero attached hydrogens (tertiary/aromatic N) is 3. The summed E-state index contributed by atoms with van der Waals surface area (Å²) in [5, 5.41) is 9.59. The van der Waals surface area contributed by atoms with Crippen LogP contribution in [0.4, 0.5) is 0 Å². The molecule has 0 unspecified atom stereocenters. The zero-order chi connectivity index (χ0) is 17.2. The molecular formula is C19H17N3O3. The van der Waals surface area contributed by atoms with Gasteiger partial charge >= 0.3 is 0 Å². The van der Waals surface area contributed by atoms with Crippen LogP contribution in [0.5, 0.6) is 5.75 Å². The summed E-state index contributed by atoms with van der Waals surface area (Å²) in [4.78, 5) is 9.01. The van der Waals surface area contributed by atoms with Gasteiger partial charge in [0, 0.05) is 5.56 Å². The highest BCUT2D eigenvalue weighted by atomic mass is 16.5. The second-order valence-corrected chi connectivity index (χ2v) is 5.63. The molecule has 2 heterocycles. The van der Waals surface area contributed by atoms with Gasteiger partial charge in [0.1, 0.15) is 24.4 Å². The third-order valence-electron chi connectivity index (χ3n) is 4.08. The van der Waals surface area contributed by atoms with E-state index in [1.165, 1.54) is 0 Å². The number of aliphatic hydroxyl groups excluding tert-OH is 1. The van der Waals surface area contributed by atoms with E-state index in [2.05, 4.69) is 9.97 Å². The summed E-state index contributed by atoms with van der Waals surface area (Å²) >= 11 is 0. The fraction of sp³-hybridized carbons (Fsp3) is 0.158. The molecule has 0 radical (unpaired) electrons. The number of aromatic nitrogens is 3. The van der Waals surface area contributed by atoms with Crippen molar-refractivity contribution in [3.05, 3.63) is 66.3 Å². The smallest absolute Gasteiger partial charge is 0.226 e. The molecule has 0 aliphatic heterocycles. The summed E-state index contributed by atoms with van der Waals surface area (Å²) < 4.78 is 12.7. The Kier molecular flexibility index (Phi) is 3.95. The van der Waals surface area contributed by atoms with Crippen LogP contribution in [0, 0.1) is 0 Å². The zero-order valence-electron chi connectivity index (χ0n) is 13.7. The minimum absolute atomic E-state index is 0.127. The summed E-state index contributed by atoms with van der Waals surface area (Å²) in [7, 11) is 1.63. The summed E-state index contributed by atoms with van der Waals surface area (Å²) in [6.07, 6.45) is 1.63. The summed E-state index contributed by atoms with van der Waals surface area (Å²) in [6, 6.07) is 15.3. The Balaban J connectivity index is 1.65. The molecule has 0 amide bonds. The minimum atomic E-state index is -0.127. The van der Waals surface area contributed by atoms with Crippen molar-refractivity contribution >= 4 is 11.0 Å². The molecule has 4 aromatic rings. The molecule has 0 spiro atoms. The third kappa shape index (κ3) is 2.88. The van der Waals surface area contributed by atoms with Crippen LogP contribution in [-0.2, 0) is 13.2 Å². The molecule has 6 nitrogen and oxygen atoms in total. The van der Waals surface area contributed by atoms with Crippen molar-refractivity contribution in [1.29, 1.82) is 0 Å². The number of hydrogen-bond acceptors (Lipinski definition) is 5. The SMILES string of the molecule is COc1ccc(-c2nc(Cn3c(CO)nc4ccccc43)co2)cc1. The molecule has 0 fully saturated rings. The van der Waals surface area contributed by atoms with Gasteiger partial charge in [-0.25, -0.2) is 9.97 Å². The van der Waals surface area contributed by atoms with Crippen molar-refractivity contribution in [3.63, 3.8) is 0 Å². The Morgan fingerprint density at radius 3 is 2.64 bits per heavy atom. The van der Waals surface area contributed by atoms with Gasteiger partial charge in [0.2, 0.25) is 5.89 Å². The Morgan fingerprint density at radius 1 is 1.08 bits per heavy atom. The highest BCUT2D eigenvalue weighted by Gasteiger charge is 2.13. The van der Waals surface area contributed by atoms with Crippen LogP contribution in [-0.4, -0.2) is 26.8 Å². The Morgan fingerprint density at radius 2 is 1.88 bits per heavy atom. The molecule has 25 heavy (non-hydrogen) atoms. The van der Waals surface area contributed by atoms with Crippen LogP contribution in [0.1, 0.15) is 11.5 Å². The van der Waals surface area contributed by atoms with Crippen LogP contribution < -0.4 is 4.74 Å². The minimum Gasteiger partial charge on any atom is -0.497 e. The molecule has 0 saturated carbocycles. The second-order valence-electron chi connectivity index (χ2n) is 5.63. The molecular weight excluding hydrogens is 318 g/mol. The summed E-state index contributed by atoms with van der Waals surface area (Å²) in [5.41, 5.74) is 3.46. The van der Waals surface area contributed by atoms with E-state index in [0.29, 0.717) is 18.3 Å². The summed E-state index contributed by atoms with van der Waals surface area (Å²) in [5.74, 6) is 1.94. The maximum absolute atomic E-state index is 9.59. The first-order valence-corrected chi connectivity index (χ1v) is 7.92. The topological polar surface area (TPSA) is 73.3 Å². The lowest BCUT2D eigenvalue weighted by atomic mass is 10.2. The highest BCUT2D eigenvalue weighted by Crippen LogP contribution is 2.23. The maximum Gasteiger partial charge on any atom is 0.226 e. The number of fused-ring (bicyclic) bond motifs is 1. The van der Waals surface area contributed by atoms with E-state index in [1.54, 1.807) is 13.4 Å². The monoisotopic (exact) mass is 335 g/mol. The Bertz CT molecular complexity index is 1000. The van der Waals surface area contributed by atoms with Gasteiger partial charge in [0.05, 0.1) is 30.4 Å². The number of benzene rings is 2. The van der Waals surface area contributed by atoms with Gasteiger partial charge in [-0.05, 0) is 36.4 Å². The van der Waals surface area contributed by atoms with E-state index in [9.17, 15) is 5.11 Å². The lowest BCUT2D eigenvalue weighted by Gasteiger charge is -2.05. The number of rotatable bonds is 5. The second kappa shape index (κ2) is 6.41. The molecule has 2 aromatic carbocycles. The van der Waals surface area contributed by atoms with Crippen LogP contribution in [0.3, 0.4) is 0 Å². The standard InChI is InChI=1S/C19H17N3O3/c1-24-15-8-6-13(7-9-15)19-20-14(12-25-19)10-22-17-5-3-2-4-16(17)21-18(22)11-23/h2-9,12,23H,10-11H2,1H3. The molecule has 6 heteroatoms. The van der Waals surface area contributed by atoms with Crippen molar-refractivity contribution in [2.75, 3.05) is 7.11 Å². The molecule has 0 bridgehead atoms. The predicted octanol–water partition coefficient (Wildman–Crippen LogP) is 3.24. The fourth-order valence-electron chi connectivity index (χ4n) is 2.83. The number of imidazole rings is 1. The van der Waals surface area contributed by atoms with Crippen molar-refractivity contribution < 1.29 is 14.3 Å². The van der Waals surface area contributed by atoms with Crippen molar-refractivity contribution in [3.8, 4) is 17.2 Å². The molecule has 2 aromatic heterocycles. The average molecular weight is 335 g/mol. The largest absolute Gasteiger partial charge is 0.497 e. The molecule has 0 aliphatic carbocycles. The lowest BCUT2D eigenvalue weighted by molar-refractivity contribution is 0.267. The number of oxazole rings is 1. The van der Waals surface area contributed by atoms with Gasteiger partial charge in [-0.2, -0.15) is 0 Å². The molecule has 0 saturated heterocycles. The van der Waals surface area contributed by atoms with Gasteiger partial charge in [-0.15, -0.1) is 0 Å². The number of hydrogen-bond donors (Lipinski definition) is 1. The number of aliphatic hydroxyl groups is 1. The van der Waals surface area contributed by atoms with Crippen molar-refractivity contribution in [2.45, 2.75) is 13.2 Å². The zero-order valence-corrected chi connectivity index (χ0v) is 13.7. The Labute approximate surface area is 144 Å². The highest BCUT2D eigenvalue weighted by molar-refractivity contribution is 5.76. The van der Waals surface area contributed by atoms with E-state index in [0.717, 1.165) is 28.0 Å². The first kappa shape index (κ1) is 15.4. The van der Waals surface area contributed by atoms with E-state index < -0.39 is 0 Å². The average Bonchev–Trinajstić information content (AvgIpc) is 3.27. The third-order valence-corrected chi connectivity index (χ3v) is 4.08. The number of methoxy groups -OCH3 is 1. The van der Waals surface area contributed by atoms with E-state index in [-0.39, 0.29) is 6.61 Å². The van der Waals surface area contributed by atoms with Gasteiger partial charge in [-0.3, -0.25) is 0 Å². The predicted molar refractivity (Wildman–Crippen MR) is 93.2 cm³/mol. The molecule has 0 aliphatic rings. The van der Waals surface area contributed by atoms with Crippen LogP contribution in [0.25, 0.3) is 22.5 Å². The lowest BCUT2D eigenvalue weighted by Crippen LogP contribution is -2.05. The van der Waals surface area contributed by atoms with Crippen LogP contribution >= 0.6 is 0 Å². The number of para-hydroxylation sites is 2. The number of ether oxygens (including phenoxy) is 1. The van der Waals surface area contributed by atoms with Crippen molar-refractivity contribution in [1.82, 2.24) is 14.5 Å². The molecule has 1 N–H and O–H groups in total. The fourth-order valence-corrected chi connectivity index (χ4v) is 2.83. The quantitative estimate of drug-likeness (QED) is 0.606. The van der Waals surface area contributed by atoms with Gasteiger partial charge in [0.25, 0.3) is 0 Å². The van der Waals surface area contributed by atoms with Gasteiger partial charge in [-0.1, -0.05) is 12.1 Å². The molecule has 0 atom stereocenters. The van der Waals surface area contributed by atoms with E-state index in [1.807, 2.05) is 53.1 Å². The van der Waals surface area contributed by atoms with Crippen LogP contribution in [0.15, 0.2) is 59.2 Å². The summed E-state index contributed by atoms with van der Waals surface area (Å²) in [6.45, 7) is 0.355. The van der Waals surface area contributed by atoms with E-state index >= 15 is 0 Å². The normalized spacial score (nSPS) is 11.1. The van der Waals surface area contributed by atoms with Crippen molar-refractivity contribution in [2.24, 2.45) is 0 Å². The first-order chi connectivity index (χ1) is 12.3. The Hall–Kier alpha value is -3.12. The van der Waals surface area contributed by atoms with Crippen LogP contribution in [0.2, 0.25) is 0 Å². The first-order valence-electron chi connectivity index (χ1n) is 7.92. The molecule has 126 valence electrons. The molecule has 4 rings (SSSR count). The van der Waals surface area contributed by atoms with Gasteiger partial charge < -0.3 is 18.8 Å². The van der Waals surface area contributed by atoms with E-state index in [4.69, 9.17) is 9.15 Å².